The monoisotopic (exact) mass is 283 g/mol. The first-order chi connectivity index (χ1) is 10.2. The van der Waals surface area contributed by atoms with Gasteiger partial charge in [-0.05, 0) is 18.2 Å². The van der Waals surface area contributed by atoms with Gasteiger partial charge in [0.25, 0.3) is 0 Å². The van der Waals surface area contributed by atoms with Crippen LogP contribution in [0.3, 0.4) is 0 Å². The van der Waals surface area contributed by atoms with E-state index < -0.39 is 5.97 Å². The second-order valence-electron chi connectivity index (χ2n) is 4.55. The van der Waals surface area contributed by atoms with Gasteiger partial charge in [0, 0.05) is 18.2 Å². The van der Waals surface area contributed by atoms with Gasteiger partial charge in [0.05, 0.1) is 12.7 Å². The minimum Gasteiger partial charge on any atom is -0.496 e. The van der Waals surface area contributed by atoms with Gasteiger partial charge in [-0.2, -0.15) is 0 Å². The third-order valence-corrected chi connectivity index (χ3v) is 3.27. The van der Waals surface area contributed by atoms with E-state index in [1.807, 2.05) is 24.3 Å². The van der Waals surface area contributed by atoms with E-state index in [0.717, 1.165) is 17.1 Å². The third kappa shape index (κ3) is 2.43. The highest BCUT2D eigenvalue weighted by Gasteiger charge is 2.11. The first-order valence-electron chi connectivity index (χ1n) is 6.38. The van der Waals surface area contributed by atoms with Crippen LogP contribution in [0, 0.1) is 0 Å². The van der Waals surface area contributed by atoms with E-state index in [-0.39, 0.29) is 5.56 Å². The lowest BCUT2D eigenvalue weighted by molar-refractivity contribution is 0.0697. The number of aromatic nitrogens is 3. The van der Waals surface area contributed by atoms with E-state index in [1.165, 1.54) is 12.1 Å². The van der Waals surface area contributed by atoms with Crippen molar-refractivity contribution in [3.8, 4) is 5.75 Å². The highest BCUT2D eigenvalue weighted by Crippen LogP contribution is 2.20. The summed E-state index contributed by atoms with van der Waals surface area (Å²) < 4.78 is 7.10. The van der Waals surface area contributed by atoms with Gasteiger partial charge in [0.2, 0.25) is 0 Å². The van der Waals surface area contributed by atoms with Crippen LogP contribution in [0.25, 0.3) is 5.65 Å². The number of para-hydroxylation sites is 1. The fourth-order valence-electron chi connectivity index (χ4n) is 2.21. The molecule has 6 heteroatoms. The molecular weight excluding hydrogens is 270 g/mol. The maximum Gasteiger partial charge on any atom is 0.335 e. The number of hydrogen-bond acceptors (Lipinski definition) is 4. The van der Waals surface area contributed by atoms with Crippen LogP contribution in [0.2, 0.25) is 0 Å². The first-order valence-corrected chi connectivity index (χ1v) is 6.38. The van der Waals surface area contributed by atoms with Crippen LogP contribution in [0.4, 0.5) is 0 Å². The van der Waals surface area contributed by atoms with Crippen molar-refractivity contribution in [1.82, 2.24) is 14.6 Å². The maximum absolute atomic E-state index is 11.0. The molecule has 0 bridgehead atoms. The number of ether oxygens (including phenoxy) is 1. The molecule has 0 atom stereocenters. The first kappa shape index (κ1) is 13.1. The Morgan fingerprint density at radius 3 is 2.86 bits per heavy atom. The third-order valence-electron chi connectivity index (χ3n) is 3.27. The van der Waals surface area contributed by atoms with Crippen molar-refractivity contribution in [2.45, 2.75) is 6.42 Å². The number of carbonyl (C=O) groups is 1. The zero-order valence-electron chi connectivity index (χ0n) is 11.4. The molecule has 0 aliphatic heterocycles. The molecule has 0 unspecified atom stereocenters. The quantitative estimate of drug-likeness (QED) is 0.792. The lowest BCUT2D eigenvalue weighted by Gasteiger charge is -2.07. The number of methoxy groups -OCH3 is 1. The van der Waals surface area contributed by atoms with E-state index in [2.05, 4.69) is 10.2 Å². The van der Waals surface area contributed by atoms with Gasteiger partial charge in [0.1, 0.15) is 11.6 Å². The summed E-state index contributed by atoms with van der Waals surface area (Å²) in [5.74, 6) is 0.537. The van der Waals surface area contributed by atoms with Gasteiger partial charge in [-0.1, -0.05) is 18.2 Å². The Morgan fingerprint density at radius 1 is 1.29 bits per heavy atom. The second kappa shape index (κ2) is 5.24. The van der Waals surface area contributed by atoms with Crippen molar-refractivity contribution in [2.24, 2.45) is 0 Å². The number of hydrogen-bond donors (Lipinski definition) is 1. The van der Waals surface area contributed by atoms with Crippen molar-refractivity contribution in [1.29, 1.82) is 0 Å². The van der Waals surface area contributed by atoms with Gasteiger partial charge in [-0.25, -0.2) is 4.79 Å². The fraction of sp³-hybridized carbons (Fsp3) is 0.133. The molecule has 106 valence electrons. The molecule has 0 saturated carbocycles. The minimum absolute atomic E-state index is 0.193. The van der Waals surface area contributed by atoms with Crippen molar-refractivity contribution in [2.75, 3.05) is 7.11 Å². The zero-order chi connectivity index (χ0) is 14.8. The summed E-state index contributed by atoms with van der Waals surface area (Å²) in [5, 5.41) is 17.1. The molecule has 3 aromatic rings. The SMILES string of the molecule is COc1ccccc1Cc1nnc2cc(C(=O)O)ccn12. The van der Waals surface area contributed by atoms with Gasteiger partial charge in [-0.15, -0.1) is 10.2 Å². The fourth-order valence-corrected chi connectivity index (χ4v) is 2.21. The number of carboxylic acid groups (broad SMARTS) is 1. The zero-order valence-corrected chi connectivity index (χ0v) is 11.4. The summed E-state index contributed by atoms with van der Waals surface area (Å²) in [6.45, 7) is 0. The summed E-state index contributed by atoms with van der Waals surface area (Å²) in [7, 11) is 1.62. The van der Waals surface area contributed by atoms with Crippen molar-refractivity contribution in [3.63, 3.8) is 0 Å². The number of rotatable bonds is 4. The highest BCUT2D eigenvalue weighted by atomic mass is 16.5. The topological polar surface area (TPSA) is 76.7 Å². The number of aromatic carboxylic acids is 1. The molecule has 0 aliphatic carbocycles. The largest absolute Gasteiger partial charge is 0.496 e. The smallest absolute Gasteiger partial charge is 0.335 e. The molecule has 0 amide bonds. The highest BCUT2D eigenvalue weighted by molar-refractivity contribution is 5.88. The van der Waals surface area contributed by atoms with Crippen LogP contribution >= 0.6 is 0 Å². The molecule has 21 heavy (non-hydrogen) atoms. The number of pyridine rings is 1. The predicted molar refractivity (Wildman–Crippen MR) is 75.7 cm³/mol. The molecule has 0 spiro atoms. The van der Waals surface area contributed by atoms with Gasteiger partial charge >= 0.3 is 5.97 Å². The van der Waals surface area contributed by atoms with E-state index in [0.29, 0.717) is 12.1 Å². The Bertz CT molecular complexity index is 811. The Morgan fingerprint density at radius 2 is 2.10 bits per heavy atom. The van der Waals surface area contributed by atoms with Crippen LogP contribution in [-0.4, -0.2) is 32.8 Å². The van der Waals surface area contributed by atoms with E-state index >= 15 is 0 Å². The molecule has 0 aliphatic rings. The van der Waals surface area contributed by atoms with Gasteiger partial charge < -0.3 is 9.84 Å². The Labute approximate surface area is 120 Å². The van der Waals surface area contributed by atoms with Crippen LogP contribution in [0.1, 0.15) is 21.7 Å². The summed E-state index contributed by atoms with van der Waals surface area (Å²) in [4.78, 5) is 11.0. The standard InChI is InChI=1S/C15H13N3O3/c1-21-12-5-3-2-4-10(12)8-13-16-17-14-9-11(15(19)20)6-7-18(13)14/h2-7,9H,8H2,1H3,(H,19,20). The van der Waals surface area contributed by atoms with Gasteiger partial charge in [-0.3, -0.25) is 4.40 Å². The second-order valence-corrected chi connectivity index (χ2v) is 4.55. The van der Waals surface area contributed by atoms with E-state index in [1.54, 1.807) is 17.7 Å². The molecule has 6 nitrogen and oxygen atoms in total. The average Bonchev–Trinajstić information content (AvgIpc) is 2.90. The molecule has 1 aromatic carbocycles. The average molecular weight is 283 g/mol. The molecule has 1 N–H and O–H groups in total. The molecule has 3 rings (SSSR count). The minimum atomic E-state index is -0.980. The van der Waals surface area contributed by atoms with Crippen LogP contribution in [0.15, 0.2) is 42.6 Å². The number of benzene rings is 1. The normalized spacial score (nSPS) is 10.7. The van der Waals surface area contributed by atoms with Crippen molar-refractivity contribution < 1.29 is 14.6 Å². The number of carboxylic acids is 1. The van der Waals surface area contributed by atoms with Crippen LogP contribution in [-0.2, 0) is 6.42 Å². The molecule has 0 radical (unpaired) electrons. The van der Waals surface area contributed by atoms with E-state index in [4.69, 9.17) is 9.84 Å². The maximum atomic E-state index is 11.0. The summed E-state index contributed by atoms with van der Waals surface area (Å²) in [6.07, 6.45) is 2.22. The molecule has 2 heterocycles. The Balaban J connectivity index is 2.00. The molecule has 0 fully saturated rings. The summed E-state index contributed by atoms with van der Waals surface area (Å²) in [6, 6.07) is 10.7. The lowest BCUT2D eigenvalue weighted by Crippen LogP contribution is -2.01. The molecule has 0 saturated heterocycles. The summed E-state index contributed by atoms with van der Waals surface area (Å²) >= 11 is 0. The molecule has 2 aromatic heterocycles. The number of nitrogens with zero attached hydrogens (tertiary/aromatic N) is 3. The van der Waals surface area contributed by atoms with Crippen molar-refractivity contribution >= 4 is 11.6 Å². The van der Waals surface area contributed by atoms with Crippen LogP contribution < -0.4 is 4.74 Å². The lowest BCUT2D eigenvalue weighted by atomic mass is 10.1. The van der Waals surface area contributed by atoms with Gasteiger partial charge in [0.15, 0.2) is 5.65 Å². The molecular formula is C15H13N3O3. The number of fused-ring (bicyclic) bond motifs is 1. The summed E-state index contributed by atoms with van der Waals surface area (Å²) in [5.41, 5.74) is 1.70. The Hall–Kier alpha value is -2.89. The van der Waals surface area contributed by atoms with Crippen LogP contribution in [0.5, 0.6) is 5.75 Å². The van der Waals surface area contributed by atoms with E-state index in [9.17, 15) is 4.79 Å². The van der Waals surface area contributed by atoms with Crippen molar-refractivity contribution in [3.05, 3.63) is 59.5 Å². The Kier molecular flexibility index (Phi) is 3.27. The predicted octanol–water partition coefficient (Wildman–Crippen LogP) is 2.03.